The summed E-state index contributed by atoms with van der Waals surface area (Å²) in [5.41, 5.74) is 0.555. The maximum Gasteiger partial charge on any atom is 0.303 e. The van der Waals surface area contributed by atoms with Gasteiger partial charge in [0.15, 0.2) is 11.1 Å². The lowest BCUT2D eigenvalue weighted by Crippen LogP contribution is -2.31. The van der Waals surface area contributed by atoms with Crippen LogP contribution >= 0.6 is 0 Å². The molecule has 2 aromatic heterocycles. The normalized spacial score (nSPS) is 13.4. The second kappa shape index (κ2) is 5.75. The van der Waals surface area contributed by atoms with E-state index >= 15 is 0 Å². The second-order valence-corrected chi connectivity index (χ2v) is 6.45. The van der Waals surface area contributed by atoms with E-state index in [-0.39, 0.29) is 40.3 Å². The highest BCUT2D eigenvalue weighted by Gasteiger charge is 2.17. The highest BCUT2D eigenvalue weighted by molar-refractivity contribution is 5.68. The molecule has 0 aliphatic heterocycles. The maximum atomic E-state index is 12.3. The molecular weight excluding hydrogens is 286 g/mol. The molecule has 2 N–H and O–H groups in total. The number of pyridine rings is 1. The van der Waals surface area contributed by atoms with Gasteiger partial charge in [-0.3, -0.25) is 9.59 Å². The molecule has 0 radical (unpaired) electrons. The molecule has 0 unspecified atom stereocenters. The molecule has 7 heteroatoms. The van der Waals surface area contributed by atoms with Crippen LogP contribution in [0.25, 0.3) is 11.4 Å². The molecule has 2 heterocycles. The van der Waals surface area contributed by atoms with Crippen molar-refractivity contribution in [3.8, 4) is 0 Å². The molecule has 0 atom stereocenters. The van der Waals surface area contributed by atoms with Crippen LogP contribution in [-0.2, 0) is 11.2 Å². The zero-order chi connectivity index (χ0) is 16.5. The first-order valence-corrected chi connectivity index (χ1v) is 6.98. The number of aliphatic hydroxyl groups is 1. The summed E-state index contributed by atoms with van der Waals surface area (Å²) in [5.74, 6) is -1.31. The Morgan fingerprint density at radius 1 is 1.27 bits per heavy atom. The SMILES string of the molecule is CC(C)(C)Cc1cc(=O)c(=C(O)CCC(=O)O)c2ncnn12. The van der Waals surface area contributed by atoms with E-state index in [0.717, 1.165) is 0 Å². The van der Waals surface area contributed by atoms with Crippen molar-refractivity contribution >= 4 is 17.4 Å². The molecule has 118 valence electrons. The van der Waals surface area contributed by atoms with Crippen LogP contribution < -0.4 is 10.6 Å². The van der Waals surface area contributed by atoms with Crippen molar-refractivity contribution in [2.24, 2.45) is 5.41 Å². The Kier molecular flexibility index (Phi) is 4.16. The van der Waals surface area contributed by atoms with Gasteiger partial charge in [-0.1, -0.05) is 20.8 Å². The molecule has 0 bridgehead atoms. The molecule has 0 fully saturated rings. The molecule has 0 saturated carbocycles. The van der Waals surface area contributed by atoms with Gasteiger partial charge in [0, 0.05) is 18.2 Å². The van der Waals surface area contributed by atoms with E-state index in [1.54, 1.807) is 0 Å². The van der Waals surface area contributed by atoms with Crippen LogP contribution in [0.3, 0.4) is 0 Å². The quantitative estimate of drug-likeness (QED) is 0.870. The number of fused-ring (bicyclic) bond motifs is 1. The van der Waals surface area contributed by atoms with Crippen LogP contribution in [0.5, 0.6) is 0 Å². The van der Waals surface area contributed by atoms with E-state index in [1.165, 1.54) is 16.9 Å². The first kappa shape index (κ1) is 15.9. The van der Waals surface area contributed by atoms with Crippen LogP contribution in [-0.4, -0.2) is 30.8 Å². The second-order valence-electron chi connectivity index (χ2n) is 6.45. The lowest BCUT2D eigenvalue weighted by Gasteiger charge is -2.18. The molecule has 0 aliphatic rings. The number of hydrogen-bond acceptors (Lipinski definition) is 5. The van der Waals surface area contributed by atoms with Gasteiger partial charge < -0.3 is 10.2 Å². The maximum absolute atomic E-state index is 12.3. The lowest BCUT2D eigenvalue weighted by atomic mass is 9.90. The molecule has 22 heavy (non-hydrogen) atoms. The molecule has 0 saturated heterocycles. The van der Waals surface area contributed by atoms with E-state index in [4.69, 9.17) is 5.11 Å². The average Bonchev–Trinajstić information content (AvgIpc) is 2.83. The first-order chi connectivity index (χ1) is 10.2. The van der Waals surface area contributed by atoms with Crippen molar-refractivity contribution in [1.82, 2.24) is 14.6 Å². The van der Waals surface area contributed by atoms with E-state index in [1.807, 2.05) is 20.8 Å². The third kappa shape index (κ3) is 3.41. The summed E-state index contributed by atoms with van der Waals surface area (Å²) in [6.07, 6.45) is 1.56. The smallest absolute Gasteiger partial charge is 0.303 e. The number of aliphatic hydroxyl groups excluding tert-OH is 1. The fourth-order valence-electron chi connectivity index (χ4n) is 2.31. The Hall–Kier alpha value is -2.44. The minimum Gasteiger partial charge on any atom is -0.511 e. The number of nitrogens with zero attached hydrogens (tertiary/aromatic N) is 3. The van der Waals surface area contributed by atoms with Gasteiger partial charge >= 0.3 is 5.97 Å². The van der Waals surface area contributed by atoms with Crippen molar-refractivity contribution < 1.29 is 15.0 Å². The Balaban J connectivity index is 2.64. The van der Waals surface area contributed by atoms with Crippen molar-refractivity contribution in [3.05, 3.63) is 33.5 Å². The predicted molar refractivity (Wildman–Crippen MR) is 80.5 cm³/mol. The topological polar surface area (TPSA) is 105 Å². The van der Waals surface area contributed by atoms with E-state index in [9.17, 15) is 14.7 Å². The van der Waals surface area contributed by atoms with Gasteiger partial charge in [0.2, 0.25) is 0 Å². The zero-order valence-corrected chi connectivity index (χ0v) is 12.8. The minimum atomic E-state index is -1.04. The van der Waals surface area contributed by atoms with Crippen molar-refractivity contribution in [3.63, 3.8) is 0 Å². The fraction of sp³-hybridized carbons (Fsp3) is 0.467. The summed E-state index contributed by atoms with van der Waals surface area (Å²) < 4.78 is 1.53. The van der Waals surface area contributed by atoms with Crippen molar-refractivity contribution in [2.45, 2.75) is 40.0 Å². The van der Waals surface area contributed by atoms with E-state index in [2.05, 4.69) is 10.1 Å². The molecule has 7 nitrogen and oxygen atoms in total. The van der Waals surface area contributed by atoms with Gasteiger partial charge in [0.1, 0.15) is 17.3 Å². The van der Waals surface area contributed by atoms with Gasteiger partial charge in [-0.2, -0.15) is 5.10 Å². The van der Waals surface area contributed by atoms with Crippen LogP contribution in [0.2, 0.25) is 0 Å². The standard InChI is InChI=1S/C15H19N3O4/c1-15(2,3)7-9-6-11(20)13(10(19)4-5-12(21)22)14-16-8-17-18(9)14/h6,8,19H,4-5,7H2,1-3H3,(H,21,22). The first-order valence-electron chi connectivity index (χ1n) is 6.98. The Morgan fingerprint density at radius 3 is 2.55 bits per heavy atom. The lowest BCUT2D eigenvalue weighted by molar-refractivity contribution is -0.136. The summed E-state index contributed by atoms with van der Waals surface area (Å²) >= 11 is 0. The van der Waals surface area contributed by atoms with Crippen molar-refractivity contribution in [1.29, 1.82) is 0 Å². The number of carboxylic acid groups (broad SMARTS) is 1. The number of carboxylic acids is 1. The summed E-state index contributed by atoms with van der Waals surface area (Å²) in [5, 5.41) is 22.9. The minimum absolute atomic E-state index is 0.0245. The molecule has 0 aliphatic carbocycles. The summed E-state index contributed by atoms with van der Waals surface area (Å²) in [4.78, 5) is 27.0. The molecule has 0 amide bonds. The number of aliphatic carboxylic acids is 1. The highest BCUT2D eigenvalue weighted by atomic mass is 16.4. The Bertz CT molecular complexity index is 818. The fourth-order valence-corrected chi connectivity index (χ4v) is 2.31. The van der Waals surface area contributed by atoms with Crippen LogP contribution in [0, 0.1) is 5.41 Å². The summed E-state index contributed by atoms with van der Waals surface area (Å²) in [6, 6.07) is 1.43. The largest absolute Gasteiger partial charge is 0.511 e. The van der Waals surface area contributed by atoms with Gasteiger partial charge in [0.05, 0.1) is 6.42 Å². The van der Waals surface area contributed by atoms with Gasteiger partial charge in [0.25, 0.3) is 0 Å². The third-order valence-corrected chi connectivity index (χ3v) is 3.16. The van der Waals surface area contributed by atoms with E-state index in [0.29, 0.717) is 12.1 Å². The van der Waals surface area contributed by atoms with Crippen LogP contribution in [0.4, 0.5) is 0 Å². The number of aromatic nitrogens is 3. The van der Waals surface area contributed by atoms with Crippen LogP contribution in [0.1, 0.15) is 39.3 Å². The molecule has 2 rings (SSSR count). The van der Waals surface area contributed by atoms with Gasteiger partial charge in [-0.25, -0.2) is 9.50 Å². The van der Waals surface area contributed by atoms with Crippen LogP contribution in [0.15, 0.2) is 17.2 Å². The molecule has 0 aromatic carbocycles. The Morgan fingerprint density at radius 2 is 1.95 bits per heavy atom. The van der Waals surface area contributed by atoms with Gasteiger partial charge in [-0.05, 0) is 11.8 Å². The van der Waals surface area contributed by atoms with Crippen molar-refractivity contribution in [2.75, 3.05) is 0 Å². The monoisotopic (exact) mass is 305 g/mol. The molecule has 2 aromatic rings. The predicted octanol–water partition coefficient (Wildman–Crippen LogP) is 0.928. The zero-order valence-electron chi connectivity index (χ0n) is 12.8. The summed E-state index contributed by atoms with van der Waals surface area (Å²) in [7, 11) is 0. The average molecular weight is 305 g/mol. The number of hydrogen-bond donors (Lipinski definition) is 2. The number of carbonyl (C=O) groups is 1. The summed E-state index contributed by atoms with van der Waals surface area (Å²) in [6.45, 7) is 6.14. The molecular formula is C15H19N3O4. The van der Waals surface area contributed by atoms with E-state index < -0.39 is 5.97 Å². The molecule has 0 spiro atoms. The number of rotatable bonds is 4. The Labute approximate surface area is 126 Å². The van der Waals surface area contributed by atoms with Gasteiger partial charge in [-0.15, -0.1) is 0 Å². The third-order valence-electron chi connectivity index (χ3n) is 3.16. The highest BCUT2D eigenvalue weighted by Crippen LogP contribution is 2.19.